The van der Waals surface area contributed by atoms with E-state index in [4.69, 9.17) is 5.26 Å². The van der Waals surface area contributed by atoms with Gasteiger partial charge in [-0.1, -0.05) is 13.3 Å². The van der Waals surface area contributed by atoms with Crippen molar-refractivity contribution >= 4 is 17.5 Å². The lowest BCUT2D eigenvalue weighted by Crippen LogP contribution is -2.15. The molecule has 2 N–H and O–H groups in total. The molecule has 112 valence electrons. The number of anilines is 2. The fourth-order valence-corrected chi connectivity index (χ4v) is 1.77. The third-order valence-electron chi connectivity index (χ3n) is 2.97. The Balaban J connectivity index is 2.02. The summed E-state index contributed by atoms with van der Waals surface area (Å²) in [4.78, 5) is 20.4. The van der Waals surface area contributed by atoms with Gasteiger partial charge >= 0.3 is 0 Å². The van der Waals surface area contributed by atoms with Crippen LogP contribution in [0.5, 0.6) is 0 Å². The van der Waals surface area contributed by atoms with Crippen LogP contribution < -0.4 is 10.6 Å². The van der Waals surface area contributed by atoms with Crippen molar-refractivity contribution in [2.75, 3.05) is 17.2 Å². The first-order chi connectivity index (χ1) is 10.7. The van der Waals surface area contributed by atoms with Crippen molar-refractivity contribution in [2.45, 2.75) is 19.8 Å². The Kier molecular flexibility index (Phi) is 5.44. The highest BCUT2D eigenvalue weighted by Gasteiger charge is 2.09. The van der Waals surface area contributed by atoms with Crippen LogP contribution in [0.25, 0.3) is 0 Å². The van der Waals surface area contributed by atoms with E-state index in [1.807, 2.05) is 6.07 Å². The lowest BCUT2D eigenvalue weighted by Gasteiger charge is -2.07. The van der Waals surface area contributed by atoms with Gasteiger partial charge in [-0.2, -0.15) is 5.26 Å². The van der Waals surface area contributed by atoms with Crippen LogP contribution in [0.3, 0.4) is 0 Å². The van der Waals surface area contributed by atoms with Crippen molar-refractivity contribution < 1.29 is 4.79 Å². The van der Waals surface area contributed by atoms with E-state index in [1.165, 1.54) is 0 Å². The highest BCUT2D eigenvalue weighted by atomic mass is 16.1. The first-order valence-corrected chi connectivity index (χ1v) is 7.11. The van der Waals surface area contributed by atoms with Crippen molar-refractivity contribution in [1.29, 1.82) is 5.26 Å². The Bertz CT molecular complexity index is 676. The van der Waals surface area contributed by atoms with Gasteiger partial charge in [0.1, 0.15) is 5.69 Å². The maximum Gasteiger partial charge on any atom is 0.274 e. The van der Waals surface area contributed by atoms with Crippen molar-refractivity contribution in [3.05, 3.63) is 47.8 Å². The average Bonchev–Trinajstić information content (AvgIpc) is 2.56. The Morgan fingerprint density at radius 2 is 2.05 bits per heavy atom. The lowest BCUT2D eigenvalue weighted by atomic mass is 10.2. The van der Waals surface area contributed by atoms with Crippen LogP contribution in [0.1, 0.15) is 35.8 Å². The number of carbonyl (C=O) groups is 1. The van der Waals surface area contributed by atoms with E-state index in [0.717, 1.165) is 19.4 Å². The SMILES string of the molecule is CCCCNc1nccc(C(=O)Nc2ccc(C#N)cc2)n1. The van der Waals surface area contributed by atoms with Crippen LogP contribution in [0.2, 0.25) is 0 Å². The zero-order valence-electron chi connectivity index (χ0n) is 12.3. The number of carbonyl (C=O) groups excluding carboxylic acids is 1. The number of aromatic nitrogens is 2. The van der Waals surface area contributed by atoms with Crippen molar-refractivity contribution in [3.63, 3.8) is 0 Å². The molecule has 0 atom stereocenters. The topological polar surface area (TPSA) is 90.7 Å². The first-order valence-electron chi connectivity index (χ1n) is 7.11. The molecule has 2 rings (SSSR count). The van der Waals surface area contributed by atoms with Crippen LogP contribution in [0.15, 0.2) is 36.5 Å². The minimum atomic E-state index is -0.314. The van der Waals surface area contributed by atoms with Gasteiger partial charge in [0, 0.05) is 18.4 Å². The monoisotopic (exact) mass is 295 g/mol. The second-order valence-corrected chi connectivity index (χ2v) is 4.69. The predicted molar refractivity (Wildman–Crippen MR) is 84.5 cm³/mol. The van der Waals surface area contributed by atoms with Gasteiger partial charge < -0.3 is 10.6 Å². The summed E-state index contributed by atoms with van der Waals surface area (Å²) in [5.41, 5.74) is 1.45. The van der Waals surface area contributed by atoms with E-state index in [2.05, 4.69) is 27.5 Å². The molecule has 0 bridgehead atoms. The van der Waals surface area contributed by atoms with E-state index in [9.17, 15) is 4.79 Å². The molecule has 0 radical (unpaired) electrons. The molecule has 22 heavy (non-hydrogen) atoms. The smallest absolute Gasteiger partial charge is 0.274 e. The number of nitrogens with zero attached hydrogens (tertiary/aromatic N) is 3. The summed E-state index contributed by atoms with van der Waals surface area (Å²) >= 11 is 0. The highest BCUT2D eigenvalue weighted by molar-refractivity contribution is 6.02. The quantitative estimate of drug-likeness (QED) is 0.800. The van der Waals surface area contributed by atoms with Gasteiger partial charge in [-0.3, -0.25) is 4.79 Å². The Morgan fingerprint density at radius 3 is 2.73 bits per heavy atom. The van der Waals surface area contributed by atoms with Gasteiger partial charge in [0.05, 0.1) is 11.6 Å². The predicted octanol–water partition coefficient (Wildman–Crippen LogP) is 2.81. The van der Waals surface area contributed by atoms with Crippen molar-refractivity contribution in [3.8, 4) is 6.07 Å². The minimum absolute atomic E-state index is 0.290. The van der Waals surface area contributed by atoms with Crippen LogP contribution in [-0.2, 0) is 0 Å². The van der Waals surface area contributed by atoms with E-state index < -0.39 is 0 Å². The Morgan fingerprint density at radius 1 is 1.27 bits per heavy atom. The summed E-state index contributed by atoms with van der Waals surface area (Å²) < 4.78 is 0. The summed E-state index contributed by atoms with van der Waals surface area (Å²) in [6.45, 7) is 2.88. The number of unbranched alkanes of at least 4 members (excludes halogenated alkanes) is 1. The van der Waals surface area contributed by atoms with E-state index in [-0.39, 0.29) is 5.91 Å². The van der Waals surface area contributed by atoms with E-state index >= 15 is 0 Å². The molecule has 0 aliphatic carbocycles. The van der Waals surface area contributed by atoms with Gasteiger partial charge in [0.15, 0.2) is 0 Å². The summed E-state index contributed by atoms with van der Waals surface area (Å²) in [5, 5.41) is 14.6. The molecule has 0 unspecified atom stereocenters. The largest absolute Gasteiger partial charge is 0.354 e. The van der Waals surface area contributed by atoms with Crippen LogP contribution >= 0.6 is 0 Å². The molecule has 0 fully saturated rings. The van der Waals surface area contributed by atoms with Gasteiger partial charge in [0.25, 0.3) is 5.91 Å². The molecule has 1 aromatic carbocycles. The number of nitriles is 1. The molecule has 6 nitrogen and oxygen atoms in total. The fraction of sp³-hybridized carbons (Fsp3) is 0.250. The highest BCUT2D eigenvalue weighted by Crippen LogP contribution is 2.10. The number of benzene rings is 1. The van der Waals surface area contributed by atoms with E-state index in [1.54, 1.807) is 36.5 Å². The summed E-state index contributed by atoms with van der Waals surface area (Å²) in [7, 11) is 0. The second-order valence-electron chi connectivity index (χ2n) is 4.69. The molecule has 0 saturated carbocycles. The number of amides is 1. The van der Waals surface area contributed by atoms with Crippen LogP contribution in [-0.4, -0.2) is 22.4 Å². The maximum atomic E-state index is 12.2. The molecule has 0 spiro atoms. The molecule has 2 aromatic rings. The summed E-state index contributed by atoms with van der Waals surface area (Å²) in [5.74, 6) is 0.131. The van der Waals surface area contributed by atoms with Gasteiger partial charge in [-0.15, -0.1) is 0 Å². The fourth-order valence-electron chi connectivity index (χ4n) is 1.77. The minimum Gasteiger partial charge on any atom is -0.354 e. The number of hydrogen-bond acceptors (Lipinski definition) is 5. The summed E-state index contributed by atoms with van der Waals surface area (Å²) in [6.07, 6.45) is 3.64. The second kappa shape index (κ2) is 7.74. The maximum absolute atomic E-state index is 12.2. The Hall–Kier alpha value is -2.94. The molecular weight excluding hydrogens is 278 g/mol. The molecule has 0 aliphatic heterocycles. The number of hydrogen-bond donors (Lipinski definition) is 2. The molecule has 0 saturated heterocycles. The third kappa shape index (κ3) is 4.28. The van der Waals surface area contributed by atoms with Gasteiger partial charge in [-0.25, -0.2) is 9.97 Å². The lowest BCUT2D eigenvalue weighted by molar-refractivity contribution is 0.102. The molecule has 0 aliphatic rings. The summed E-state index contributed by atoms with van der Waals surface area (Å²) in [6, 6.07) is 10.2. The zero-order chi connectivity index (χ0) is 15.8. The van der Waals surface area contributed by atoms with Crippen LogP contribution in [0.4, 0.5) is 11.6 Å². The molecule has 1 amide bonds. The number of nitrogens with one attached hydrogen (secondary N) is 2. The molecular formula is C16H17N5O. The average molecular weight is 295 g/mol. The van der Waals surface area contributed by atoms with Crippen molar-refractivity contribution in [1.82, 2.24) is 9.97 Å². The zero-order valence-corrected chi connectivity index (χ0v) is 12.3. The first kappa shape index (κ1) is 15.4. The standard InChI is InChI=1S/C16H17N5O/c1-2-3-9-18-16-19-10-8-14(21-16)15(22)20-13-6-4-12(11-17)5-7-13/h4-8,10H,2-3,9H2,1H3,(H,20,22)(H,18,19,21). The van der Waals surface area contributed by atoms with Crippen molar-refractivity contribution in [2.24, 2.45) is 0 Å². The molecule has 1 heterocycles. The normalized spacial score (nSPS) is 9.82. The third-order valence-corrected chi connectivity index (χ3v) is 2.97. The van der Waals surface area contributed by atoms with E-state index in [0.29, 0.717) is 22.9 Å². The molecule has 1 aromatic heterocycles. The van der Waals surface area contributed by atoms with Crippen LogP contribution in [0, 0.1) is 11.3 Å². The van der Waals surface area contributed by atoms with Gasteiger partial charge in [-0.05, 0) is 36.8 Å². The van der Waals surface area contributed by atoms with Gasteiger partial charge in [0.2, 0.25) is 5.95 Å². The molecule has 6 heteroatoms. The number of rotatable bonds is 6. The Labute approximate surface area is 129 Å².